The molecule has 6 heteroatoms. The van der Waals surface area contributed by atoms with E-state index in [1.165, 1.54) is 12.1 Å². The second-order valence-electron chi connectivity index (χ2n) is 9.04. The van der Waals surface area contributed by atoms with Gasteiger partial charge in [-0.05, 0) is 66.9 Å². The molecule has 1 aliphatic carbocycles. The van der Waals surface area contributed by atoms with E-state index in [4.69, 9.17) is 0 Å². The summed E-state index contributed by atoms with van der Waals surface area (Å²) in [5.74, 6) is -0.629. The van der Waals surface area contributed by atoms with Gasteiger partial charge in [-0.1, -0.05) is 42.5 Å². The second kappa shape index (κ2) is 8.55. The summed E-state index contributed by atoms with van der Waals surface area (Å²) in [7, 11) is 0. The molecule has 35 heavy (non-hydrogen) atoms. The highest BCUT2D eigenvalue weighted by Crippen LogP contribution is 2.42. The molecule has 2 heterocycles. The van der Waals surface area contributed by atoms with Gasteiger partial charge < -0.3 is 9.47 Å². The molecule has 3 aromatic carbocycles. The van der Waals surface area contributed by atoms with Crippen molar-refractivity contribution in [2.45, 2.75) is 24.9 Å². The Bertz CT molecular complexity index is 1390. The molecule has 4 aromatic rings. The summed E-state index contributed by atoms with van der Waals surface area (Å²) in [5.41, 5.74) is 3.96. The molecule has 1 aromatic heterocycles. The first-order valence-electron chi connectivity index (χ1n) is 11.8. The lowest BCUT2D eigenvalue weighted by Gasteiger charge is -2.39. The number of rotatable bonds is 5. The third-order valence-corrected chi connectivity index (χ3v) is 6.75. The zero-order chi connectivity index (χ0) is 23.9. The van der Waals surface area contributed by atoms with Crippen molar-refractivity contribution in [3.8, 4) is 5.69 Å². The summed E-state index contributed by atoms with van der Waals surface area (Å²) in [4.78, 5) is 30.9. The third kappa shape index (κ3) is 3.81. The topological polar surface area (TPSA) is 45.6 Å². The van der Waals surface area contributed by atoms with E-state index in [0.29, 0.717) is 5.56 Å². The lowest BCUT2D eigenvalue weighted by Crippen LogP contribution is -2.47. The number of benzene rings is 3. The number of nitrogens with zero attached hydrogens (tertiary/aromatic N) is 3. The van der Waals surface area contributed by atoms with Gasteiger partial charge in [-0.25, -0.2) is 4.39 Å². The van der Waals surface area contributed by atoms with Crippen LogP contribution in [0.25, 0.3) is 5.69 Å². The van der Waals surface area contributed by atoms with Crippen molar-refractivity contribution in [2.75, 3.05) is 11.4 Å². The van der Waals surface area contributed by atoms with Crippen molar-refractivity contribution in [3.63, 3.8) is 0 Å². The van der Waals surface area contributed by atoms with E-state index < -0.39 is 6.04 Å². The van der Waals surface area contributed by atoms with Crippen LogP contribution in [0.5, 0.6) is 0 Å². The molecule has 0 spiro atoms. The molecule has 0 radical (unpaired) electrons. The fourth-order valence-corrected chi connectivity index (χ4v) is 4.94. The number of para-hydroxylation sites is 2. The minimum Gasteiger partial charge on any atom is -0.326 e. The van der Waals surface area contributed by atoms with Crippen LogP contribution in [-0.4, -0.2) is 33.9 Å². The van der Waals surface area contributed by atoms with Crippen LogP contribution in [-0.2, 0) is 4.79 Å². The fourth-order valence-electron chi connectivity index (χ4n) is 4.94. The Hall–Kier alpha value is -4.19. The zero-order valence-electron chi connectivity index (χ0n) is 19.0. The number of halogens is 1. The number of hydrogen-bond donors (Lipinski definition) is 0. The first-order chi connectivity index (χ1) is 17.1. The van der Waals surface area contributed by atoms with Crippen molar-refractivity contribution in [3.05, 3.63) is 120 Å². The van der Waals surface area contributed by atoms with E-state index in [1.807, 2.05) is 60.8 Å². The van der Waals surface area contributed by atoms with Crippen molar-refractivity contribution in [1.82, 2.24) is 9.47 Å². The number of carbonyl (C=O) groups excluding carboxylic acids is 2. The molecule has 5 nitrogen and oxygen atoms in total. The number of hydrogen-bond acceptors (Lipinski definition) is 2. The van der Waals surface area contributed by atoms with Crippen LogP contribution in [0.3, 0.4) is 0 Å². The standard InChI is InChI=1S/C29H24FN3O2/c30-22-14-12-20(13-15-22)28-26-11-6-18-31(26)24-9-4-5-10-25(24)33(28)27(34)19-32(23-16-17-23)29(35)21-7-2-1-3-8-21/h1-15,18,23,28H,16-17,19H2. The van der Waals surface area contributed by atoms with E-state index in [9.17, 15) is 14.0 Å². The summed E-state index contributed by atoms with van der Waals surface area (Å²) < 4.78 is 15.8. The maximum atomic E-state index is 14.1. The number of amides is 2. The molecule has 0 N–H and O–H groups in total. The Morgan fingerprint density at radius 3 is 2.23 bits per heavy atom. The van der Waals surface area contributed by atoms with Gasteiger partial charge in [0.15, 0.2) is 0 Å². The minimum absolute atomic E-state index is 0.0227. The number of fused-ring (bicyclic) bond motifs is 3. The van der Waals surface area contributed by atoms with Gasteiger partial charge in [-0.15, -0.1) is 0 Å². The summed E-state index contributed by atoms with van der Waals surface area (Å²) in [6.45, 7) is -0.0227. The molecular formula is C29H24FN3O2. The fraction of sp³-hybridized carbons (Fsp3) is 0.172. The number of anilines is 1. The Morgan fingerprint density at radius 2 is 1.51 bits per heavy atom. The highest BCUT2D eigenvalue weighted by Gasteiger charge is 2.40. The summed E-state index contributed by atoms with van der Waals surface area (Å²) in [6.07, 6.45) is 3.77. The molecule has 1 aliphatic heterocycles. The van der Waals surface area contributed by atoms with E-state index in [1.54, 1.807) is 34.1 Å². The Labute approximate surface area is 203 Å². The molecule has 1 unspecified atom stereocenters. The molecule has 2 aliphatic rings. The first-order valence-corrected chi connectivity index (χ1v) is 11.8. The molecule has 1 saturated carbocycles. The van der Waals surface area contributed by atoms with Crippen LogP contribution in [0, 0.1) is 5.82 Å². The number of aromatic nitrogens is 1. The molecular weight excluding hydrogens is 441 g/mol. The Kier molecular flexibility index (Phi) is 5.21. The maximum Gasteiger partial charge on any atom is 0.254 e. The lowest BCUT2D eigenvalue weighted by molar-refractivity contribution is -0.119. The second-order valence-corrected chi connectivity index (χ2v) is 9.04. The summed E-state index contributed by atoms with van der Waals surface area (Å²) in [5, 5.41) is 0. The first kappa shape index (κ1) is 21.4. The highest BCUT2D eigenvalue weighted by atomic mass is 19.1. The van der Waals surface area contributed by atoms with Crippen molar-refractivity contribution in [2.24, 2.45) is 0 Å². The number of carbonyl (C=O) groups is 2. The normalized spacial score (nSPS) is 16.4. The predicted molar refractivity (Wildman–Crippen MR) is 132 cm³/mol. The Balaban J connectivity index is 1.42. The maximum absolute atomic E-state index is 14.1. The summed E-state index contributed by atoms with van der Waals surface area (Å²) >= 11 is 0. The monoisotopic (exact) mass is 465 g/mol. The molecule has 6 rings (SSSR count). The third-order valence-electron chi connectivity index (χ3n) is 6.75. The highest BCUT2D eigenvalue weighted by molar-refractivity contribution is 6.02. The van der Waals surface area contributed by atoms with Gasteiger partial charge >= 0.3 is 0 Å². The Morgan fingerprint density at radius 1 is 0.829 bits per heavy atom. The van der Waals surface area contributed by atoms with E-state index >= 15 is 0 Å². The molecule has 1 fully saturated rings. The van der Waals surface area contributed by atoms with Gasteiger partial charge in [-0.3, -0.25) is 14.5 Å². The van der Waals surface area contributed by atoms with Gasteiger partial charge in [0.1, 0.15) is 18.4 Å². The van der Waals surface area contributed by atoms with Crippen LogP contribution in [0.1, 0.15) is 40.5 Å². The summed E-state index contributed by atoms with van der Waals surface area (Å²) in [6, 6.07) is 26.7. The molecule has 0 bridgehead atoms. The van der Waals surface area contributed by atoms with Gasteiger partial charge in [-0.2, -0.15) is 0 Å². The van der Waals surface area contributed by atoms with Gasteiger partial charge in [0, 0.05) is 17.8 Å². The van der Waals surface area contributed by atoms with E-state index in [0.717, 1.165) is 35.5 Å². The molecule has 2 amide bonds. The van der Waals surface area contributed by atoms with Crippen LogP contribution in [0.2, 0.25) is 0 Å². The van der Waals surface area contributed by atoms with Crippen LogP contribution in [0.4, 0.5) is 10.1 Å². The van der Waals surface area contributed by atoms with Crippen molar-refractivity contribution in [1.29, 1.82) is 0 Å². The van der Waals surface area contributed by atoms with Gasteiger partial charge in [0.05, 0.1) is 17.1 Å². The molecule has 0 saturated heterocycles. The smallest absolute Gasteiger partial charge is 0.254 e. The van der Waals surface area contributed by atoms with E-state index in [2.05, 4.69) is 4.57 Å². The van der Waals surface area contributed by atoms with Gasteiger partial charge in [0.25, 0.3) is 5.91 Å². The minimum atomic E-state index is -0.444. The SMILES string of the molecule is O=C(c1ccccc1)N(CC(=O)N1c2ccccc2-n2cccc2C1c1ccc(F)cc1)C1CC1. The average Bonchev–Trinajstić information content (AvgIpc) is 3.62. The van der Waals surface area contributed by atoms with Crippen molar-refractivity contribution >= 4 is 17.5 Å². The van der Waals surface area contributed by atoms with Crippen molar-refractivity contribution < 1.29 is 14.0 Å². The van der Waals surface area contributed by atoms with Crippen LogP contribution >= 0.6 is 0 Å². The largest absolute Gasteiger partial charge is 0.326 e. The van der Waals surface area contributed by atoms with Crippen LogP contribution in [0.15, 0.2) is 97.2 Å². The zero-order valence-corrected chi connectivity index (χ0v) is 19.0. The quantitative estimate of drug-likeness (QED) is 0.399. The van der Waals surface area contributed by atoms with Crippen LogP contribution < -0.4 is 4.90 Å². The van der Waals surface area contributed by atoms with E-state index in [-0.39, 0.29) is 30.2 Å². The predicted octanol–water partition coefficient (Wildman–Crippen LogP) is 5.36. The lowest BCUT2D eigenvalue weighted by atomic mass is 9.97. The molecule has 174 valence electrons. The van der Waals surface area contributed by atoms with Gasteiger partial charge in [0.2, 0.25) is 5.91 Å². The average molecular weight is 466 g/mol. The molecule has 1 atom stereocenters.